The number of nitrogens with zero attached hydrogens (tertiary/aromatic N) is 4. The van der Waals surface area contributed by atoms with Crippen LogP contribution in [0.2, 0.25) is 0 Å². The van der Waals surface area contributed by atoms with Gasteiger partial charge in [0.25, 0.3) is 0 Å². The van der Waals surface area contributed by atoms with E-state index in [4.69, 9.17) is 0 Å². The molecule has 0 spiro atoms. The Hall–Kier alpha value is -1.94. The molecular weight excluding hydrogens is 369 g/mol. The highest BCUT2D eigenvalue weighted by Crippen LogP contribution is 2.33. The summed E-state index contributed by atoms with van der Waals surface area (Å²) in [6.07, 6.45) is -4.60. The van der Waals surface area contributed by atoms with Gasteiger partial charge in [-0.05, 0) is 25.1 Å². The third kappa shape index (κ3) is 3.23. The number of hydrogen-bond acceptors (Lipinski definition) is 4. The SMILES string of the molecule is CC(C)c1nnc2n1[C@@H](C)CN(S(=O)(=O)c1cccc(C(F)(F)F)c1)C2. The molecule has 10 heteroatoms. The maximum atomic E-state index is 12.9. The Morgan fingerprint density at radius 2 is 1.92 bits per heavy atom. The number of alkyl halides is 3. The van der Waals surface area contributed by atoms with Crippen LogP contribution in [0.5, 0.6) is 0 Å². The number of hydrogen-bond donors (Lipinski definition) is 0. The average Bonchev–Trinajstić information content (AvgIpc) is 2.99. The fraction of sp³-hybridized carbons (Fsp3) is 0.500. The number of sulfonamides is 1. The molecule has 0 unspecified atom stereocenters. The van der Waals surface area contributed by atoms with Gasteiger partial charge in [0.2, 0.25) is 10.0 Å². The van der Waals surface area contributed by atoms with Gasteiger partial charge >= 0.3 is 6.18 Å². The normalized spacial score (nSPS) is 19.0. The summed E-state index contributed by atoms with van der Waals surface area (Å²) in [7, 11) is -4.08. The Bertz CT molecular complexity index is 922. The minimum Gasteiger partial charge on any atom is -0.309 e. The van der Waals surface area contributed by atoms with Crippen LogP contribution in [-0.4, -0.2) is 34.0 Å². The fourth-order valence-electron chi connectivity index (χ4n) is 3.08. The molecule has 1 aliphatic rings. The molecule has 1 aromatic carbocycles. The van der Waals surface area contributed by atoms with Crippen molar-refractivity contribution in [2.45, 2.75) is 50.3 Å². The summed E-state index contributed by atoms with van der Waals surface area (Å²) in [6.45, 7) is 5.89. The van der Waals surface area contributed by atoms with Crippen LogP contribution < -0.4 is 0 Å². The zero-order valence-corrected chi connectivity index (χ0v) is 15.3. The lowest BCUT2D eigenvalue weighted by Crippen LogP contribution is -2.40. The van der Waals surface area contributed by atoms with E-state index < -0.39 is 21.8 Å². The van der Waals surface area contributed by atoms with Gasteiger partial charge < -0.3 is 4.57 Å². The van der Waals surface area contributed by atoms with Gasteiger partial charge in [0.1, 0.15) is 11.6 Å². The second-order valence-corrected chi connectivity index (χ2v) is 8.61. The van der Waals surface area contributed by atoms with Crippen LogP contribution in [0.15, 0.2) is 29.2 Å². The highest BCUT2D eigenvalue weighted by molar-refractivity contribution is 7.89. The van der Waals surface area contributed by atoms with Gasteiger partial charge in [-0.15, -0.1) is 10.2 Å². The molecule has 0 radical (unpaired) electrons. The molecule has 0 saturated heterocycles. The summed E-state index contributed by atoms with van der Waals surface area (Å²) in [4.78, 5) is -0.378. The predicted molar refractivity (Wildman–Crippen MR) is 87.9 cm³/mol. The molecular formula is C16H19F3N4O2S. The summed E-state index contributed by atoms with van der Waals surface area (Å²) in [5, 5.41) is 8.20. The van der Waals surface area contributed by atoms with Crippen molar-refractivity contribution in [3.63, 3.8) is 0 Å². The van der Waals surface area contributed by atoms with Crippen molar-refractivity contribution in [1.29, 1.82) is 0 Å². The molecule has 2 heterocycles. The molecule has 0 bridgehead atoms. The molecule has 1 aromatic heterocycles. The van der Waals surface area contributed by atoms with E-state index in [0.717, 1.165) is 22.3 Å². The van der Waals surface area contributed by atoms with Gasteiger partial charge in [-0.1, -0.05) is 19.9 Å². The number of halogens is 3. The first-order chi connectivity index (χ1) is 12.0. The Morgan fingerprint density at radius 3 is 2.54 bits per heavy atom. The van der Waals surface area contributed by atoms with Gasteiger partial charge in [-0.25, -0.2) is 8.42 Å². The first-order valence-electron chi connectivity index (χ1n) is 8.13. The molecule has 0 N–H and O–H groups in total. The zero-order valence-electron chi connectivity index (χ0n) is 14.5. The highest BCUT2D eigenvalue weighted by atomic mass is 32.2. The summed E-state index contributed by atoms with van der Waals surface area (Å²) < 4.78 is 67.5. The number of aromatic nitrogens is 3. The molecule has 0 aliphatic carbocycles. The third-order valence-electron chi connectivity index (χ3n) is 4.33. The second-order valence-electron chi connectivity index (χ2n) is 6.67. The number of rotatable bonds is 3. The number of fused-ring (bicyclic) bond motifs is 1. The molecule has 0 saturated carbocycles. The average molecular weight is 388 g/mol. The predicted octanol–water partition coefficient (Wildman–Crippen LogP) is 3.19. The third-order valence-corrected chi connectivity index (χ3v) is 6.14. The van der Waals surface area contributed by atoms with Gasteiger partial charge in [-0.2, -0.15) is 17.5 Å². The highest BCUT2D eigenvalue weighted by Gasteiger charge is 2.36. The standard InChI is InChI=1S/C16H19F3N4O2S/c1-10(2)15-21-20-14-9-22(8-11(3)23(14)15)26(24,25)13-6-4-5-12(7-13)16(17,18)19/h4-7,10-11H,8-9H2,1-3H3/t11-/m0/s1. The van der Waals surface area contributed by atoms with Crippen LogP contribution in [-0.2, 0) is 22.7 Å². The number of benzene rings is 1. The monoisotopic (exact) mass is 388 g/mol. The quantitative estimate of drug-likeness (QED) is 0.810. The first kappa shape index (κ1) is 18.8. The summed E-state index contributed by atoms with van der Waals surface area (Å²) in [5.74, 6) is 1.39. The van der Waals surface area contributed by atoms with Crippen LogP contribution >= 0.6 is 0 Å². The molecule has 0 amide bonds. The fourth-order valence-corrected chi connectivity index (χ4v) is 4.60. The van der Waals surface area contributed by atoms with E-state index in [0.29, 0.717) is 11.9 Å². The topological polar surface area (TPSA) is 68.1 Å². The van der Waals surface area contributed by atoms with Crippen LogP contribution in [0.25, 0.3) is 0 Å². The van der Waals surface area contributed by atoms with Crippen LogP contribution in [0.4, 0.5) is 13.2 Å². The van der Waals surface area contributed by atoms with Crippen molar-refractivity contribution in [1.82, 2.24) is 19.1 Å². The second kappa shape index (κ2) is 6.34. The zero-order chi connectivity index (χ0) is 19.3. The Morgan fingerprint density at radius 1 is 1.23 bits per heavy atom. The van der Waals surface area contributed by atoms with E-state index in [9.17, 15) is 21.6 Å². The van der Waals surface area contributed by atoms with E-state index in [2.05, 4.69) is 10.2 Å². The van der Waals surface area contributed by atoms with Crippen LogP contribution in [0, 0.1) is 0 Å². The summed E-state index contributed by atoms with van der Waals surface area (Å²) in [5.41, 5.74) is -0.992. The van der Waals surface area contributed by atoms with E-state index in [1.165, 1.54) is 6.07 Å². The lowest BCUT2D eigenvalue weighted by molar-refractivity contribution is -0.137. The smallest absolute Gasteiger partial charge is 0.309 e. The van der Waals surface area contributed by atoms with Gasteiger partial charge in [0.05, 0.1) is 17.0 Å². The van der Waals surface area contributed by atoms with Crippen molar-refractivity contribution < 1.29 is 21.6 Å². The minimum atomic E-state index is -4.60. The van der Waals surface area contributed by atoms with Crippen molar-refractivity contribution in [2.75, 3.05) is 6.54 Å². The molecule has 1 aliphatic heterocycles. The van der Waals surface area contributed by atoms with Crippen LogP contribution in [0.3, 0.4) is 0 Å². The maximum absolute atomic E-state index is 12.9. The van der Waals surface area contributed by atoms with E-state index >= 15 is 0 Å². The van der Waals surface area contributed by atoms with Crippen molar-refractivity contribution in [3.8, 4) is 0 Å². The first-order valence-corrected chi connectivity index (χ1v) is 9.57. The largest absolute Gasteiger partial charge is 0.416 e. The molecule has 1 atom stereocenters. The van der Waals surface area contributed by atoms with Gasteiger partial charge in [0.15, 0.2) is 0 Å². The van der Waals surface area contributed by atoms with Gasteiger partial charge in [0, 0.05) is 18.5 Å². The summed E-state index contributed by atoms with van der Waals surface area (Å²) in [6, 6.07) is 3.57. The molecule has 2 aromatic rings. The Balaban J connectivity index is 1.97. The molecule has 0 fully saturated rings. The molecule has 26 heavy (non-hydrogen) atoms. The molecule has 6 nitrogen and oxygen atoms in total. The van der Waals surface area contributed by atoms with Crippen molar-refractivity contribution in [3.05, 3.63) is 41.5 Å². The van der Waals surface area contributed by atoms with Crippen molar-refractivity contribution in [2.24, 2.45) is 0 Å². The van der Waals surface area contributed by atoms with Crippen molar-refractivity contribution >= 4 is 10.0 Å². The Labute approximate surface area is 149 Å². The Kier molecular flexibility index (Phi) is 4.60. The summed E-state index contributed by atoms with van der Waals surface area (Å²) >= 11 is 0. The maximum Gasteiger partial charge on any atom is 0.416 e. The lowest BCUT2D eigenvalue weighted by atomic mass is 10.1. The molecule has 3 rings (SSSR count). The van der Waals surface area contributed by atoms with E-state index in [1.54, 1.807) is 0 Å². The van der Waals surface area contributed by atoms with Crippen LogP contribution in [0.1, 0.15) is 49.9 Å². The van der Waals surface area contributed by atoms with E-state index in [-0.39, 0.29) is 29.9 Å². The molecule has 142 valence electrons. The minimum absolute atomic E-state index is 0.0252. The van der Waals surface area contributed by atoms with E-state index in [1.807, 2.05) is 25.3 Å². The van der Waals surface area contributed by atoms with Gasteiger partial charge in [-0.3, -0.25) is 0 Å². The lowest BCUT2D eigenvalue weighted by Gasteiger charge is -2.32.